The Balaban J connectivity index is 2.09. The fourth-order valence-electron chi connectivity index (χ4n) is 2.24. The van der Waals surface area contributed by atoms with Gasteiger partial charge in [-0.25, -0.2) is 12.7 Å². The lowest BCUT2D eigenvalue weighted by molar-refractivity contribution is -0.883. The summed E-state index contributed by atoms with van der Waals surface area (Å²) < 4.78 is 25.5. The average Bonchev–Trinajstić information content (AvgIpc) is 2.48. The third-order valence-electron chi connectivity index (χ3n) is 3.77. The SMILES string of the molecule is CN(C)S(=O)(=O)c1cccc(NC(=S)N2CC[NH+](C)CC2)c1. The highest BCUT2D eigenvalue weighted by Crippen LogP contribution is 2.18. The lowest BCUT2D eigenvalue weighted by Crippen LogP contribution is -3.12. The van der Waals surface area contributed by atoms with E-state index in [2.05, 4.69) is 17.3 Å². The highest BCUT2D eigenvalue weighted by Gasteiger charge is 2.20. The summed E-state index contributed by atoms with van der Waals surface area (Å²) in [7, 11) is 1.78. The van der Waals surface area contributed by atoms with E-state index in [4.69, 9.17) is 12.2 Å². The van der Waals surface area contributed by atoms with Gasteiger partial charge in [-0.05, 0) is 30.4 Å². The van der Waals surface area contributed by atoms with Crippen LogP contribution in [0.5, 0.6) is 0 Å². The van der Waals surface area contributed by atoms with Crippen LogP contribution in [0.15, 0.2) is 29.2 Å². The number of likely N-dealkylation sites (N-methyl/N-ethyl adjacent to an activating group) is 1. The molecule has 0 aromatic heterocycles. The molecule has 2 N–H and O–H groups in total. The first-order valence-corrected chi connectivity index (χ1v) is 9.05. The van der Waals surface area contributed by atoms with E-state index in [0.717, 1.165) is 26.2 Å². The minimum Gasteiger partial charge on any atom is -0.338 e. The summed E-state index contributed by atoms with van der Waals surface area (Å²) in [6, 6.07) is 6.74. The Kier molecular flexibility index (Phi) is 5.38. The van der Waals surface area contributed by atoms with Crippen molar-refractivity contribution in [3.63, 3.8) is 0 Å². The predicted octanol–water partition coefficient (Wildman–Crippen LogP) is -0.536. The van der Waals surface area contributed by atoms with E-state index in [1.54, 1.807) is 18.2 Å². The van der Waals surface area contributed by atoms with Gasteiger partial charge in [0.15, 0.2) is 5.11 Å². The maximum Gasteiger partial charge on any atom is 0.242 e. The van der Waals surface area contributed by atoms with Gasteiger partial charge in [-0.2, -0.15) is 0 Å². The van der Waals surface area contributed by atoms with Crippen LogP contribution in [0.2, 0.25) is 0 Å². The van der Waals surface area contributed by atoms with Crippen LogP contribution in [-0.4, -0.2) is 70.1 Å². The first-order valence-electron chi connectivity index (χ1n) is 7.20. The van der Waals surface area contributed by atoms with E-state index in [1.807, 2.05) is 6.07 Å². The highest BCUT2D eigenvalue weighted by atomic mass is 32.2. The van der Waals surface area contributed by atoms with Gasteiger partial charge in [0.1, 0.15) is 0 Å². The Morgan fingerprint density at radius 2 is 1.95 bits per heavy atom. The van der Waals surface area contributed by atoms with Crippen molar-refractivity contribution in [1.29, 1.82) is 0 Å². The molecule has 0 spiro atoms. The molecule has 2 rings (SSSR count). The molecule has 22 heavy (non-hydrogen) atoms. The van der Waals surface area contributed by atoms with Crippen LogP contribution in [0.4, 0.5) is 5.69 Å². The van der Waals surface area contributed by atoms with Crippen LogP contribution in [0.25, 0.3) is 0 Å². The van der Waals surface area contributed by atoms with Crippen LogP contribution in [0.1, 0.15) is 0 Å². The molecule has 1 aliphatic heterocycles. The molecule has 1 aromatic rings. The summed E-state index contributed by atoms with van der Waals surface area (Å²) in [6.45, 7) is 3.93. The number of piperazine rings is 1. The Morgan fingerprint density at radius 1 is 1.32 bits per heavy atom. The second-order valence-electron chi connectivity index (χ2n) is 5.69. The zero-order chi connectivity index (χ0) is 16.3. The number of anilines is 1. The molecular weight excluding hydrogens is 320 g/mol. The second kappa shape index (κ2) is 6.91. The van der Waals surface area contributed by atoms with Crippen molar-refractivity contribution in [3.05, 3.63) is 24.3 Å². The van der Waals surface area contributed by atoms with Gasteiger partial charge in [-0.15, -0.1) is 0 Å². The first-order chi connectivity index (χ1) is 10.3. The van der Waals surface area contributed by atoms with Crippen molar-refractivity contribution in [2.45, 2.75) is 4.90 Å². The molecule has 1 saturated heterocycles. The monoisotopic (exact) mass is 343 g/mol. The Labute approximate surface area is 137 Å². The van der Waals surface area contributed by atoms with E-state index in [9.17, 15) is 8.42 Å². The number of benzene rings is 1. The van der Waals surface area contributed by atoms with Gasteiger partial charge in [-0.1, -0.05) is 6.07 Å². The zero-order valence-electron chi connectivity index (χ0n) is 13.2. The number of hydrogen-bond acceptors (Lipinski definition) is 3. The van der Waals surface area contributed by atoms with E-state index >= 15 is 0 Å². The smallest absolute Gasteiger partial charge is 0.242 e. The third kappa shape index (κ3) is 3.95. The number of rotatable bonds is 3. The zero-order valence-corrected chi connectivity index (χ0v) is 14.8. The third-order valence-corrected chi connectivity index (χ3v) is 5.94. The number of quaternary nitrogens is 1. The molecule has 0 saturated carbocycles. The van der Waals surface area contributed by atoms with E-state index < -0.39 is 10.0 Å². The summed E-state index contributed by atoms with van der Waals surface area (Å²) in [5, 5.41) is 3.79. The molecule has 0 unspecified atom stereocenters. The summed E-state index contributed by atoms with van der Waals surface area (Å²) in [5.74, 6) is 0. The quantitative estimate of drug-likeness (QED) is 0.723. The molecule has 1 aromatic carbocycles. The highest BCUT2D eigenvalue weighted by molar-refractivity contribution is 7.89. The number of sulfonamides is 1. The minimum atomic E-state index is -3.43. The summed E-state index contributed by atoms with van der Waals surface area (Å²) >= 11 is 5.43. The van der Waals surface area contributed by atoms with Gasteiger partial charge in [0.25, 0.3) is 0 Å². The van der Waals surface area contributed by atoms with Gasteiger partial charge in [0.05, 0.1) is 38.1 Å². The number of nitrogens with one attached hydrogen (secondary N) is 2. The molecule has 0 amide bonds. The Hall–Kier alpha value is -1.22. The van der Waals surface area contributed by atoms with Crippen molar-refractivity contribution in [2.75, 3.05) is 52.6 Å². The van der Waals surface area contributed by atoms with Crippen molar-refractivity contribution < 1.29 is 13.3 Å². The molecule has 1 heterocycles. The maximum atomic E-state index is 12.2. The van der Waals surface area contributed by atoms with Crippen molar-refractivity contribution in [2.24, 2.45) is 0 Å². The lowest BCUT2D eigenvalue weighted by atomic mass is 10.3. The molecular formula is C14H23N4O2S2+. The first kappa shape index (κ1) is 17.1. The summed E-state index contributed by atoms with van der Waals surface area (Å²) in [5.41, 5.74) is 0.694. The van der Waals surface area contributed by atoms with E-state index in [1.165, 1.54) is 23.3 Å². The molecule has 1 fully saturated rings. The Morgan fingerprint density at radius 3 is 2.55 bits per heavy atom. The molecule has 0 atom stereocenters. The fraction of sp³-hybridized carbons (Fsp3) is 0.500. The molecule has 6 nitrogen and oxygen atoms in total. The number of thiocarbonyl (C=S) groups is 1. The topological polar surface area (TPSA) is 57.1 Å². The molecule has 0 radical (unpaired) electrons. The van der Waals surface area contributed by atoms with Crippen LogP contribution >= 0.6 is 12.2 Å². The molecule has 0 aliphatic carbocycles. The lowest BCUT2D eigenvalue weighted by Gasteiger charge is -2.32. The maximum absolute atomic E-state index is 12.2. The summed E-state index contributed by atoms with van der Waals surface area (Å²) in [4.78, 5) is 3.88. The molecule has 0 bridgehead atoms. The minimum absolute atomic E-state index is 0.258. The number of hydrogen-bond donors (Lipinski definition) is 2. The average molecular weight is 343 g/mol. The van der Waals surface area contributed by atoms with Crippen LogP contribution < -0.4 is 10.2 Å². The van der Waals surface area contributed by atoms with Gasteiger partial charge >= 0.3 is 0 Å². The molecule has 8 heteroatoms. The van der Waals surface area contributed by atoms with Crippen LogP contribution in [0, 0.1) is 0 Å². The van der Waals surface area contributed by atoms with Crippen molar-refractivity contribution in [3.8, 4) is 0 Å². The van der Waals surface area contributed by atoms with Crippen molar-refractivity contribution in [1.82, 2.24) is 9.21 Å². The molecule has 122 valence electrons. The summed E-state index contributed by atoms with van der Waals surface area (Å²) in [6.07, 6.45) is 0. The predicted molar refractivity (Wildman–Crippen MR) is 91.7 cm³/mol. The fourth-order valence-corrected chi connectivity index (χ4v) is 3.49. The second-order valence-corrected chi connectivity index (χ2v) is 8.23. The van der Waals surface area contributed by atoms with Gasteiger partial charge in [0.2, 0.25) is 10.0 Å². The van der Waals surface area contributed by atoms with Crippen LogP contribution in [0.3, 0.4) is 0 Å². The van der Waals surface area contributed by atoms with Gasteiger partial charge in [-0.3, -0.25) is 0 Å². The van der Waals surface area contributed by atoms with Crippen LogP contribution in [-0.2, 0) is 10.0 Å². The Bertz CT molecular complexity index is 638. The standard InChI is InChI=1S/C14H22N4O2S2/c1-16(2)22(19,20)13-6-4-5-12(11-13)15-14(21)18-9-7-17(3)8-10-18/h4-6,11H,7-10H2,1-3H3,(H,15,21)/p+1. The number of nitrogens with zero attached hydrogens (tertiary/aromatic N) is 2. The van der Waals surface area contributed by atoms with E-state index in [0.29, 0.717) is 10.8 Å². The van der Waals surface area contributed by atoms with Gasteiger partial charge in [0, 0.05) is 19.8 Å². The molecule has 1 aliphatic rings. The normalized spacial score (nSPS) is 16.8. The van der Waals surface area contributed by atoms with E-state index in [-0.39, 0.29) is 4.90 Å². The largest absolute Gasteiger partial charge is 0.338 e. The van der Waals surface area contributed by atoms with Gasteiger partial charge < -0.3 is 15.1 Å². The van der Waals surface area contributed by atoms with Crippen molar-refractivity contribution >= 4 is 33.0 Å².